The maximum Gasteiger partial charge on any atom is 0.239 e. The Hall–Kier alpha value is -1.10. The molecule has 0 bridgehead atoms. The van der Waals surface area contributed by atoms with E-state index in [1.165, 1.54) is 0 Å². The molecule has 5 nitrogen and oxygen atoms in total. The molecule has 19 heavy (non-hydrogen) atoms. The van der Waals surface area contributed by atoms with Gasteiger partial charge in [0, 0.05) is 6.54 Å². The van der Waals surface area contributed by atoms with Crippen LogP contribution in [0.5, 0.6) is 0 Å². The minimum atomic E-state index is -0.142. The molecule has 0 aromatic rings. The minimum Gasteiger partial charge on any atom is -0.354 e. The molecule has 1 aliphatic rings. The van der Waals surface area contributed by atoms with Crippen molar-refractivity contribution in [2.45, 2.75) is 46.1 Å². The topological polar surface area (TPSA) is 70.2 Å². The minimum absolute atomic E-state index is 0.0575. The monoisotopic (exact) mass is 269 g/mol. The fourth-order valence-corrected chi connectivity index (χ4v) is 2.24. The summed E-state index contributed by atoms with van der Waals surface area (Å²) >= 11 is 0. The lowest BCUT2D eigenvalue weighted by molar-refractivity contribution is -0.128. The van der Waals surface area contributed by atoms with Crippen LogP contribution in [0, 0.1) is 11.8 Å². The lowest BCUT2D eigenvalue weighted by Crippen LogP contribution is -2.50. The summed E-state index contributed by atoms with van der Waals surface area (Å²) in [4.78, 5) is 23.5. The van der Waals surface area contributed by atoms with Gasteiger partial charge in [-0.05, 0) is 31.2 Å². The summed E-state index contributed by atoms with van der Waals surface area (Å²) in [6.45, 7) is 7.83. The third-order valence-corrected chi connectivity index (χ3v) is 3.54. The molecular weight excluding hydrogens is 242 g/mol. The van der Waals surface area contributed by atoms with Crippen molar-refractivity contribution in [3.63, 3.8) is 0 Å². The molecule has 2 unspecified atom stereocenters. The maximum atomic E-state index is 11.9. The van der Waals surface area contributed by atoms with Crippen molar-refractivity contribution in [2.24, 2.45) is 11.8 Å². The summed E-state index contributed by atoms with van der Waals surface area (Å²) in [5.41, 5.74) is 0. The predicted molar refractivity (Wildman–Crippen MR) is 75.7 cm³/mol. The van der Waals surface area contributed by atoms with E-state index in [9.17, 15) is 9.59 Å². The van der Waals surface area contributed by atoms with E-state index in [1.54, 1.807) is 0 Å². The lowest BCUT2D eigenvalue weighted by atomic mass is 9.90. The second-order valence-electron chi connectivity index (χ2n) is 5.72. The Bertz CT molecular complexity index is 305. The van der Waals surface area contributed by atoms with Crippen LogP contribution in [0.1, 0.15) is 40.0 Å². The summed E-state index contributed by atoms with van der Waals surface area (Å²) < 4.78 is 0. The third kappa shape index (κ3) is 6.05. The summed E-state index contributed by atoms with van der Waals surface area (Å²) in [5, 5.41) is 8.71. The molecule has 1 aliphatic heterocycles. The molecule has 0 radical (unpaired) electrons. The van der Waals surface area contributed by atoms with Gasteiger partial charge >= 0.3 is 0 Å². The Balaban J connectivity index is 2.25. The van der Waals surface area contributed by atoms with Gasteiger partial charge in [-0.15, -0.1) is 0 Å². The van der Waals surface area contributed by atoms with Crippen molar-refractivity contribution < 1.29 is 9.59 Å². The van der Waals surface area contributed by atoms with Gasteiger partial charge in [0.05, 0.1) is 12.6 Å². The number of hydrogen-bond donors (Lipinski definition) is 3. The van der Waals surface area contributed by atoms with Gasteiger partial charge in [-0.1, -0.05) is 27.2 Å². The quantitative estimate of drug-likeness (QED) is 0.663. The first-order chi connectivity index (χ1) is 9.02. The van der Waals surface area contributed by atoms with Crippen LogP contribution in [0.25, 0.3) is 0 Å². The highest BCUT2D eigenvalue weighted by Crippen LogP contribution is 2.19. The molecule has 0 aliphatic carbocycles. The number of carbonyl (C=O) groups excluding carboxylic acids is 2. The number of piperidine rings is 1. The Morgan fingerprint density at radius 3 is 2.68 bits per heavy atom. The summed E-state index contributed by atoms with van der Waals surface area (Å²) in [5.74, 6) is 0.861. The average Bonchev–Trinajstić information content (AvgIpc) is 2.42. The third-order valence-electron chi connectivity index (χ3n) is 3.54. The van der Waals surface area contributed by atoms with Crippen molar-refractivity contribution >= 4 is 11.8 Å². The van der Waals surface area contributed by atoms with Crippen molar-refractivity contribution in [3.05, 3.63) is 0 Å². The molecule has 1 heterocycles. The van der Waals surface area contributed by atoms with Gasteiger partial charge in [-0.2, -0.15) is 0 Å². The molecule has 2 amide bonds. The predicted octanol–water partition coefficient (Wildman–Crippen LogP) is 0.653. The maximum absolute atomic E-state index is 11.9. The van der Waals surface area contributed by atoms with Gasteiger partial charge in [0.1, 0.15) is 0 Å². The van der Waals surface area contributed by atoms with Crippen LogP contribution in [0.4, 0.5) is 0 Å². The van der Waals surface area contributed by atoms with Gasteiger partial charge in [0.15, 0.2) is 0 Å². The van der Waals surface area contributed by atoms with Gasteiger partial charge < -0.3 is 16.0 Å². The number of rotatable bonds is 6. The summed E-state index contributed by atoms with van der Waals surface area (Å²) in [7, 11) is 0. The van der Waals surface area contributed by atoms with Crippen LogP contribution in [0.15, 0.2) is 0 Å². The van der Waals surface area contributed by atoms with Crippen molar-refractivity contribution in [2.75, 3.05) is 19.6 Å². The first kappa shape index (κ1) is 16.0. The molecule has 0 aromatic carbocycles. The summed E-state index contributed by atoms with van der Waals surface area (Å²) in [6.07, 6.45) is 3.12. The number of hydrogen-bond acceptors (Lipinski definition) is 3. The van der Waals surface area contributed by atoms with E-state index in [0.29, 0.717) is 18.4 Å². The first-order valence-electron chi connectivity index (χ1n) is 7.30. The molecule has 5 heteroatoms. The van der Waals surface area contributed by atoms with Gasteiger partial charge in [0.25, 0.3) is 0 Å². The van der Waals surface area contributed by atoms with Gasteiger partial charge in [-0.25, -0.2) is 0 Å². The molecule has 3 N–H and O–H groups in total. The molecule has 0 aromatic heterocycles. The Morgan fingerprint density at radius 1 is 1.32 bits per heavy atom. The fraction of sp³-hybridized carbons (Fsp3) is 0.857. The van der Waals surface area contributed by atoms with E-state index in [-0.39, 0.29) is 24.4 Å². The molecule has 1 fully saturated rings. The zero-order chi connectivity index (χ0) is 14.3. The Morgan fingerprint density at radius 2 is 2.05 bits per heavy atom. The van der Waals surface area contributed by atoms with Crippen LogP contribution in [-0.4, -0.2) is 37.5 Å². The molecule has 0 spiro atoms. The largest absolute Gasteiger partial charge is 0.354 e. The first-order valence-corrected chi connectivity index (χ1v) is 7.30. The smallest absolute Gasteiger partial charge is 0.239 e. The number of nitrogens with one attached hydrogen (secondary N) is 3. The van der Waals surface area contributed by atoms with Crippen molar-refractivity contribution in [1.29, 1.82) is 0 Å². The SMILES string of the molecule is CCC1CCNC(C(=O)NCC(=O)NCC(C)C)C1. The second-order valence-corrected chi connectivity index (χ2v) is 5.72. The van der Waals surface area contributed by atoms with E-state index in [1.807, 2.05) is 13.8 Å². The zero-order valence-electron chi connectivity index (χ0n) is 12.3. The van der Waals surface area contributed by atoms with Gasteiger partial charge in [0.2, 0.25) is 11.8 Å². The molecule has 110 valence electrons. The van der Waals surface area contributed by atoms with Crippen LogP contribution < -0.4 is 16.0 Å². The Kier molecular flexibility index (Phi) is 6.84. The average molecular weight is 269 g/mol. The van der Waals surface area contributed by atoms with E-state index in [0.717, 1.165) is 25.8 Å². The highest BCUT2D eigenvalue weighted by molar-refractivity contribution is 5.87. The van der Waals surface area contributed by atoms with Crippen LogP contribution >= 0.6 is 0 Å². The highest BCUT2D eigenvalue weighted by Gasteiger charge is 2.25. The normalized spacial score (nSPS) is 23.2. The molecule has 0 saturated carbocycles. The van der Waals surface area contributed by atoms with Crippen LogP contribution in [0.2, 0.25) is 0 Å². The molecule has 1 saturated heterocycles. The number of carbonyl (C=O) groups is 2. The molecule has 2 atom stereocenters. The standard InChI is InChI=1S/C14H27N3O2/c1-4-11-5-6-15-12(7-11)14(19)17-9-13(18)16-8-10(2)3/h10-12,15H,4-9H2,1-3H3,(H,16,18)(H,17,19). The highest BCUT2D eigenvalue weighted by atomic mass is 16.2. The zero-order valence-corrected chi connectivity index (χ0v) is 12.3. The van der Waals surface area contributed by atoms with Gasteiger partial charge in [-0.3, -0.25) is 9.59 Å². The van der Waals surface area contributed by atoms with Crippen LogP contribution in [0.3, 0.4) is 0 Å². The van der Waals surface area contributed by atoms with Crippen LogP contribution in [-0.2, 0) is 9.59 Å². The molecule has 1 rings (SSSR count). The van der Waals surface area contributed by atoms with E-state index < -0.39 is 0 Å². The van der Waals surface area contributed by atoms with E-state index in [2.05, 4.69) is 22.9 Å². The second kappa shape index (κ2) is 8.15. The summed E-state index contributed by atoms with van der Waals surface area (Å²) in [6, 6.07) is -0.142. The number of amides is 2. The molecular formula is C14H27N3O2. The van der Waals surface area contributed by atoms with Crippen molar-refractivity contribution in [3.8, 4) is 0 Å². The lowest BCUT2D eigenvalue weighted by Gasteiger charge is -2.28. The van der Waals surface area contributed by atoms with E-state index >= 15 is 0 Å². The fourth-order valence-electron chi connectivity index (χ4n) is 2.24. The van der Waals surface area contributed by atoms with Crippen molar-refractivity contribution in [1.82, 2.24) is 16.0 Å². The van der Waals surface area contributed by atoms with E-state index in [4.69, 9.17) is 0 Å². The Labute approximate surface area is 115 Å².